The number of benzene rings is 1. The lowest BCUT2D eigenvalue weighted by Gasteiger charge is -2.27. The predicted octanol–water partition coefficient (Wildman–Crippen LogP) is 3.63. The molecule has 128 valence electrons. The second-order valence-electron chi connectivity index (χ2n) is 6.79. The largest absolute Gasteiger partial charge is 0.354 e. The summed E-state index contributed by atoms with van der Waals surface area (Å²) < 4.78 is 0. The van der Waals surface area contributed by atoms with Crippen molar-refractivity contribution in [3.63, 3.8) is 0 Å². The molecule has 4 nitrogen and oxygen atoms in total. The Balaban J connectivity index is 2.88. The Labute approximate surface area is 140 Å². The lowest BCUT2D eigenvalue weighted by molar-refractivity contribution is -0.122. The van der Waals surface area contributed by atoms with E-state index in [1.807, 2.05) is 32.9 Å². The standard InChI is InChI=1S/C19H30N2O2/c1-13(2)12-18(23)20-10-11-21(16(6)22)19-15(5)8-7-9-17(19)14(3)4/h7-9,13-14H,10-12H2,1-6H3,(H,20,23). The number of rotatable bonds is 7. The van der Waals surface area contributed by atoms with Gasteiger partial charge in [0.2, 0.25) is 11.8 Å². The van der Waals surface area contributed by atoms with E-state index >= 15 is 0 Å². The van der Waals surface area contributed by atoms with E-state index in [0.29, 0.717) is 31.3 Å². The number of nitrogens with zero attached hydrogens (tertiary/aromatic N) is 1. The number of carbonyl (C=O) groups is 2. The number of amides is 2. The molecule has 0 aliphatic carbocycles. The Bertz CT molecular complexity index is 550. The lowest BCUT2D eigenvalue weighted by Crippen LogP contribution is -2.38. The van der Waals surface area contributed by atoms with Crippen molar-refractivity contribution < 1.29 is 9.59 Å². The van der Waals surface area contributed by atoms with Crippen molar-refractivity contribution in [1.82, 2.24) is 5.32 Å². The molecule has 1 aromatic rings. The Morgan fingerprint density at radius 1 is 1.17 bits per heavy atom. The highest BCUT2D eigenvalue weighted by atomic mass is 16.2. The quantitative estimate of drug-likeness (QED) is 0.834. The molecule has 0 aliphatic rings. The second kappa shape index (κ2) is 8.70. The van der Waals surface area contributed by atoms with Gasteiger partial charge in [-0.15, -0.1) is 0 Å². The fraction of sp³-hybridized carbons (Fsp3) is 0.579. The molecule has 1 rings (SSSR count). The fourth-order valence-electron chi connectivity index (χ4n) is 2.69. The maximum Gasteiger partial charge on any atom is 0.223 e. The van der Waals surface area contributed by atoms with E-state index in [2.05, 4.69) is 25.2 Å². The van der Waals surface area contributed by atoms with Gasteiger partial charge in [-0.3, -0.25) is 9.59 Å². The highest BCUT2D eigenvalue weighted by Gasteiger charge is 2.19. The van der Waals surface area contributed by atoms with Crippen molar-refractivity contribution in [3.8, 4) is 0 Å². The average Bonchev–Trinajstić information content (AvgIpc) is 2.42. The highest BCUT2D eigenvalue weighted by molar-refractivity contribution is 5.93. The maximum atomic E-state index is 12.1. The summed E-state index contributed by atoms with van der Waals surface area (Å²) in [6.07, 6.45) is 0.516. The summed E-state index contributed by atoms with van der Waals surface area (Å²) >= 11 is 0. The molecule has 23 heavy (non-hydrogen) atoms. The molecule has 0 fully saturated rings. The number of carbonyl (C=O) groups excluding carboxylic acids is 2. The Kier molecular flexibility index (Phi) is 7.27. The van der Waals surface area contributed by atoms with E-state index in [-0.39, 0.29) is 11.8 Å². The van der Waals surface area contributed by atoms with Gasteiger partial charge in [0.15, 0.2) is 0 Å². The third-order valence-corrected chi connectivity index (χ3v) is 3.79. The van der Waals surface area contributed by atoms with Crippen molar-refractivity contribution in [1.29, 1.82) is 0 Å². The zero-order chi connectivity index (χ0) is 17.6. The number of hydrogen-bond acceptors (Lipinski definition) is 2. The molecular formula is C19H30N2O2. The minimum absolute atomic E-state index is 0.000640. The number of aryl methyl sites for hydroxylation is 1. The van der Waals surface area contributed by atoms with Gasteiger partial charge in [0.25, 0.3) is 0 Å². The van der Waals surface area contributed by atoms with Crippen LogP contribution in [0.4, 0.5) is 5.69 Å². The van der Waals surface area contributed by atoms with Gasteiger partial charge in [0.05, 0.1) is 5.69 Å². The monoisotopic (exact) mass is 318 g/mol. The summed E-state index contributed by atoms with van der Waals surface area (Å²) in [6.45, 7) is 12.8. The van der Waals surface area contributed by atoms with Gasteiger partial charge in [-0.25, -0.2) is 0 Å². The van der Waals surface area contributed by atoms with E-state index in [1.165, 1.54) is 0 Å². The van der Waals surface area contributed by atoms with Crippen molar-refractivity contribution in [2.75, 3.05) is 18.0 Å². The minimum Gasteiger partial charge on any atom is -0.354 e. The van der Waals surface area contributed by atoms with E-state index in [9.17, 15) is 9.59 Å². The molecule has 1 aromatic carbocycles. The molecule has 1 N–H and O–H groups in total. The van der Waals surface area contributed by atoms with Crippen molar-refractivity contribution >= 4 is 17.5 Å². The van der Waals surface area contributed by atoms with Crippen molar-refractivity contribution in [3.05, 3.63) is 29.3 Å². The first-order valence-electron chi connectivity index (χ1n) is 8.38. The van der Waals surface area contributed by atoms with Gasteiger partial charge in [-0.1, -0.05) is 45.9 Å². The summed E-state index contributed by atoms with van der Waals surface area (Å²) in [5.74, 6) is 0.710. The molecule has 0 aromatic heterocycles. The van der Waals surface area contributed by atoms with Crippen LogP contribution in [0.5, 0.6) is 0 Å². The number of nitrogens with one attached hydrogen (secondary N) is 1. The van der Waals surface area contributed by atoms with Crippen LogP contribution < -0.4 is 10.2 Å². The van der Waals surface area contributed by atoms with Gasteiger partial charge < -0.3 is 10.2 Å². The topological polar surface area (TPSA) is 49.4 Å². The van der Waals surface area contributed by atoms with Gasteiger partial charge in [0.1, 0.15) is 0 Å². The van der Waals surface area contributed by atoms with Crippen LogP contribution in [0.2, 0.25) is 0 Å². The van der Waals surface area contributed by atoms with Crippen LogP contribution in [0.15, 0.2) is 18.2 Å². The van der Waals surface area contributed by atoms with Crippen molar-refractivity contribution in [2.45, 2.75) is 53.9 Å². The van der Waals surface area contributed by atoms with Gasteiger partial charge in [0, 0.05) is 26.4 Å². The fourth-order valence-corrected chi connectivity index (χ4v) is 2.69. The number of hydrogen-bond donors (Lipinski definition) is 1. The van der Waals surface area contributed by atoms with E-state index in [4.69, 9.17) is 0 Å². The van der Waals surface area contributed by atoms with Crippen LogP contribution in [0.25, 0.3) is 0 Å². The molecule has 2 amide bonds. The average molecular weight is 318 g/mol. The van der Waals surface area contributed by atoms with Crippen LogP contribution >= 0.6 is 0 Å². The zero-order valence-corrected chi connectivity index (χ0v) is 15.3. The molecule has 0 spiro atoms. The zero-order valence-electron chi connectivity index (χ0n) is 15.3. The molecule has 0 saturated carbocycles. The SMILES string of the molecule is CC(=O)N(CCNC(=O)CC(C)C)c1c(C)cccc1C(C)C. The summed E-state index contributed by atoms with van der Waals surface area (Å²) in [6, 6.07) is 6.12. The van der Waals surface area contributed by atoms with Gasteiger partial charge >= 0.3 is 0 Å². The molecule has 0 radical (unpaired) electrons. The summed E-state index contributed by atoms with van der Waals surface area (Å²) in [5.41, 5.74) is 3.22. The van der Waals surface area contributed by atoms with Crippen LogP contribution in [-0.2, 0) is 9.59 Å². The molecule has 0 bridgehead atoms. The first-order chi connectivity index (χ1) is 10.7. The maximum absolute atomic E-state index is 12.1. The molecular weight excluding hydrogens is 288 g/mol. The highest BCUT2D eigenvalue weighted by Crippen LogP contribution is 2.30. The smallest absolute Gasteiger partial charge is 0.223 e. The summed E-state index contributed by atoms with van der Waals surface area (Å²) in [4.78, 5) is 25.7. The van der Waals surface area contributed by atoms with Crippen LogP contribution in [-0.4, -0.2) is 24.9 Å². The van der Waals surface area contributed by atoms with Crippen LogP contribution in [0, 0.1) is 12.8 Å². The first-order valence-corrected chi connectivity index (χ1v) is 8.38. The minimum atomic E-state index is -0.000640. The Hall–Kier alpha value is -1.84. The van der Waals surface area contributed by atoms with E-state index in [1.54, 1.807) is 11.8 Å². The molecule has 0 unspecified atom stereocenters. The number of para-hydroxylation sites is 1. The van der Waals surface area contributed by atoms with Gasteiger partial charge in [-0.2, -0.15) is 0 Å². The summed E-state index contributed by atoms with van der Waals surface area (Å²) in [7, 11) is 0. The first kappa shape index (κ1) is 19.2. The molecule has 0 heterocycles. The third kappa shape index (κ3) is 5.70. The summed E-state index contributed by atoms with van der Waals surface area (Å²) in [5, 5.41) is 2.90. The number of anilines is 1. The second-order valence-corrected chi connectivity index (χ2v) is 6.79. The van der Waals surface area contributed by atoms with Crippen LogP contribution in [0.3, 0.4) is 0 Å². The van der Waals surface area contributed by atoms with E-state index < -0.39 is 0 Å². The lowest BCUT2D eigenvalue weighted by atomic mass is 9.97. The van der Waals surface area contributed by atoms with E-state index in [0.717, 1.165) is 16.8 Å². The normalized spacial score (nSPS) is 11.0. The molecule has 0 atom stereocenters. The molecule has 0 saturated heterocycles. The molecule has 0 aliphatic heterocycles. The predicted molar refractivity (Wildman–Crippen MR) is 95.8 cm³/mol. The third-order valence-electron chi connectivity index (χ3n) is 3.79. The van der Waals surface area contributed by atoms with Crippen LogP contribution in [0.1, 0.15) is 58.1 Å². The Morgan fingerprint density at radius 3 is 2.35 bits per heavy atom. The van der Waals surface area contributed by atoms with Crippen molar-refractivity contribution in [2.24, 2.45) is 5.92 Å². The Morgan fingerprint density at radius 2 is 1.83 bits per heavy atom. The molecule has 4 heteroatoms. The van der Waals surface area contributed by atoms with Gasteiger partial charge in [-0.05, 0) is 29.9 Å².